The number of hydrogen-bond acceptors (Lipinski definition) is 4. The van der Waals surface area contributed by atoms with Crippen molar-refractivity contribution in [2.75, 3.05) is 5.73 Å². The highest BCUT2D eigenvalue weighted by Gasteiger charge is 2.14. The monoisotopic (exact) mass is 239 g/mol. The molecular formula is C13H13N5. The van der Waals surface area contributed by atoms with E-state index in [1.54, 1.807) is 6.20 Å². The van der Waals surface area contributed by atoms with Crippen LogP contribution in [0.15, 0.2) is 30.5 Å². The summed E-state index contributed by atoms with van der Waals surface area (Å²) in [5, 5.41) is 8.71. The van der Waals surface area contributed by atoms with Gasteiger partial charge in [0.1, 0.15) is 0 Å². The number of hydrogen-bond donors (Lipinski definition) is 1. The van der Waals surface area contributed by atoms with Gasteiger partial charge in [-0.15, -0.1) is 5.10 Å². The molecule has 0 bridgehead atoms. The molecule has 0 aliphatic carbocycles. The number of rotatable bonds is 1. The molecular weight excluding hydrogens is 226 g/mol. The van der Waals surface area contributed by atoms with Gasteiger partial charge in [0, 0.05) is 29.2 Å². The summed E-state index contributed by atoms with van der Waals surface area (Å²) in [6.07, 6.45) is 1.64. The third-order valence-corrected chi connectivity index (χ3v) is 3.23. The molecule has 3 aromatic rings. The normalized spacial score (nSPS) is 11.0. The van der Waals surface area contributed by atoms with Gasteiger partial charge in [0.05, 0.1) is 11.9 Å². The molecule has 5 nitrogen and oxygen atoms in total. The molecule has 2 heterocycles. The summed E-state index contributed by atoms with van der Waals surface area (Å²) >= 11 is 0. The molecule has 18 heavy (non-hydrogen) atoms. The Morgan fingerprint density at radius 3 is 2.78 bits per heavy atom. The number of benzene rings is 1. The van der Waals surface area contributed by atoms with E-state index in [2.05, 4.69) is 38.8 Å². The van der Waals surface area contributed by atoms with Gasteiger partial charge in [0.25, 0.3) is 0 Å². The van der Waals surface area contributed by atoms with Crippen LogP contribution in [0.25, 0.3) is 22.2 Å². The van der Waals surface area contributed by atoms with Crippen LogP contribution in [0.5, 0.6) is 0 Å². The number of aromatic nitrogens is 4. The van der Waals surface area contributed by atoms with Crippen molar-refractivity contribution in [3.8, 4) is 11.3 Å². The first-order chi connectivity index (χ1) is 8.68. The molecule has 0 aliphatic rings. The summed E-state index contributed by atoms with van der Waals surface area (Å²) in [5.41, 5.74) is 9.73. The van der Waals surface area contributed by atoms with E-state index in [4.69, 9.17) is 5.73 Å². The van der Waals surface area contributed by atoms with Gasteiger partial charge in [-0.1, -0.05) is 18.2 Å². The molecule has 0 unspecified atom stereocenters. The molecule has 0 radical (unpaired) electrons. The van der Waals surface area contributed by atoms with Crippen molar-refractivity contribution in [3.63, 3.8) is 0 Å². The maximum Gasteiger partial charge on any atom is 0.240 e. The highest BCUT2D eigenvalue weighted by atomic mass is 15.2. The van der Waals surface area contributed by atoms with Gasteiger partial charge in [-0.2, -0.15) is 5.10 Å². The molecule has 0 saturated heterocycles. The number of nitrogens with two attached hydrogens (primary N) is 1. The van der Waals surface area contributed by atoms with Crippen LogP contribution in [-0.2, 0) is 7.05 Å². The van der Waals surface area contributed by atoms with E-state index >= 15 is 0 Å². The average molecular weight is 239 g/mol. The summed E-state index contributed by atoms with van der Waals surface area (Å²) in [5.74, 6) is 0.194. The second-order valence-electron chi connectivity index (χ2n) is 4.24. The Morgan fingerprint density at radius 1 is 1.22 bits per heavy atom. The van der Waals surface area contributed by atoms with Gasteiger partial charge >= 0.3 is 0 Å². The molecule has 2 aromatic heterocycles. The van der Waals surface area contributed by atoms with Gasteiger partial charge < -0.3 is 10.3 Å². The summed E-state index contributed by atoms with van der Waals surface area (Å²) in [6.45, 7) is 2.06. The summed E-state index contributed by atoms with van der Waals surface area (Å²) in [4.78, 5) is 4.26. The first-order valence-corrected chi connectivity index (χ1v) is 5.68. The van der Waals surface area contributed by atoms with E-state index in [1.807, 2.05) is 19.2 Å². The predicted octanol–water partition coefficient (Wildman–Crippen LogP) is 1.92. The lowest BCUT2D eigenvalue weighted by Crippen LogP contribution is -1.99. The maximum atomic E-state index is 5.61. The molecule has 0 spiro atoms. The number of para-hydroxylation sites is 1. The van der Waals surface area contributed by atoms with Crippen molar-refractivity contribution in [1.82, 2.24) is 19.7 Å². The number of nitrogens with zero attached hydrogens (tertiary/aromatic N) is 4. The molecule has 5 heteroatoms. The van der Waals surface area contributed by atoms with Gasteiger partial charge in [-0.3, -0.25) is 0 Å². The third-order valence-electron chi connectivity index (χ3n) is 3.23. The van der Waals surface area contributed by atoms with Crippen molar-refractivity contribution < 1.29 is 0 Å². The minimum absolute atomic E-state index is 0.194. The van der Waals surface area contributed by atoms with Crippen LogP contribution in [0.2, 0.25) is 0 Å². The molecule has 0 fully saturated rings. The zero-order valence-electron chi connectivity index (χ0n) is 10.3. The summed E-state index contributed by atoms with van der Waals surface area (Å²) in [6, 6.07) is 8.21. The average Bonchev–Trinajstić information content (AvgIpc) is 2.63. The Labute approximate surface area is 104 Å². The zero-order valence-corrected chi connectivity index (χ0v) is 10.3. The van der Waals surface area contributed by atoms with Gasteiger partial charge in [0.2, 0.25) is 5.95 Å². The quantitative estimate of drug-likeness (QED) is 0.704. The molecule has 0 amide bonds. The number of nitrogen functional groups attached to an aromatic ring is 1. The summed E-state index contributed by atoms with van der Waals surface area (Å²) in [7, 11) is 2.04. The van der Waals surface area contributed by atoms with E-state index in [0.717, 1.165) is 22.3 Å². The maximum absolute atomic E-state index is 5.61. The van der Waals surface area contributed by atoms with Crippen molar-refractivity contribution in [2.24, 2.45) is 7.05 Å². The highest BCUT2D eigenvalue weighted by Crippen LogP contribution is 2.32. The molecule has 0 aliphatic heterocycles. The smallest absolute Gasteiger partial charge is 0.240 e. The highest BCUT2D eigenvalue weighted by molar-refractivity contribution is 5.97. The van der Waals surface area contributed by atoms with Crippen molar-refractivity contribution in [2.45, 2.75) is 6.92 Å². The fourth-order valence-electron chi connectivity index (χ4n) is 2.28. The van der Waals surface area contributed by atoms with Crippen LogP contribution < -0.4 is 5.73 Å². The Bertz CT molecular complexity index is 729. The molecule has 0 saturated carbocycles. The Balaban J connectivity index is 2.39. The predicted molar refractivity (Wildman–Crippen MR) is 70.9 cm³/mol. The number of aryl methyl sites for hydroxylation is 1. The van der Waals surface area contributed by atoms with Crippen LogP contribution in [0, 0.1) is 6.92 Å². The molecule has 2 N–H and O–H groups in total. The van der Waals surface area contributed by atoms with E-state index in [1.165, 1.54) is 5.52 Å². The van der Waals surface area contributed by atoms with Gasteiger partial charge in [0.15, 0.2) is 0 Å². The van der Waals surface area contributed by atoms with Crippen molar-refractivity contribution in [1.29, 1.82) is 0 Å². The largest absolute Gasteiger partial charge is 0.366 e. The van der Waals surface area contributed by atoms with Crippen LogP contribution in [0.3, 0.4) is 0 Å². The topological polar surface area (TPSA) is 69.6 Å². The van der Waals surface area contributed by atoms with Crippen LogP contribution in [0.1, 0.15) is 5.69 Å². The number of anilines is 1. The number of fused-ring (bicyclic) bond motifs is 1. The van der Waals surface area contributed by atoms with Crippen LogP contribution in [0.4, 0.5) is 5.95 Å². The second kappa shape index (κ2) is 3.80. The minimum Gasteiger partial charge on any atom is -0.366 e. The molecule has 3 rings (SSSR count). The molecule has 0 atom stereocenters. The standard InChI is InChI=1S/C13H13N5/c1-8-12(10-7-15-17-13(14)16-10)9-5-3-4-6-11(9)18(8)2/h3-7H,1-2H3,(H2,14,16,17). The molecule has 90 valence electrons. The molecule has 1 aromatic carbocycles. The van der Waals surface area contributed by atoms with Crippen molar-refractivity contribution in [3.05, 3.63) is 36.2 Å². The Morgan fingerprint density at radius 2 is 2.00 bits per heavy atom. The lowest BCUT2D eigenvalue weighted by molar-refractivity contribution is 0.916. The fraction of sp³-hybridized carbons (Fsp3) is 0.154. The zero-order chi connectivity index (χ0) is 12.7. The minimum atomic E-state index is 0.194. The SMILES string of the molecule is Cc1c(-c2cnnc(N)n2)c2ccccc2n1C. The summed E-state index contributed by atoms with van der Waals surface area (Å²) < 4.78 is 2.14. The van der Waals surface area contributed by atoms with Gasteiger partial charge in [-0.25, -0.2) is 4.98 Å². The van der Waals surface area contributed by atoms with Crippen LogP contribution in [-0.4, -0.2) is 19.7 Å². The lowest BCUT2D eigenvalue weighted by Gasteiger charge is -2.01. The Kier molecular flexibility index (Phi) is 2.26. The van der Waals surface area contributed by atoms with E-state index in [0.29, 0.717) is 0 Å². The van der Waals surface area contributed by atoms with Gasteiger partial charge in [-0.05, 0) is 13.0 Å². The van der Waals surface area contributed by atoms with E-state index < -0.39 is 0 Å². The van der Waals surface area contributed by atoms with Crippen molar-refractivity contribution >= 4 is 16.9 Å². The fourth-order valence-corrected chi connectivity index (χ4v) is 2.28. The third kappa shape index (κ3) is 1.44. The second-order valence-corrected chi connectivity index (χ2v) is 4.24. The first-order valence-electron chi connectivity index (χ1n) is 5.68. The van der Waals surface area contributed by atoms with Crippen LogP contribution >= 0.6 is 0 Å². The lowest BCUT2D eigenvalue weighted by atomic mass is 10.1. The Hall–Kier alpha value is -2.43. The first kappa shape index (κ1) is 10.7. The van der Waals surface area contributed by atoms with E-state index in [9.17, 15) is 0 Å². The van der Waals surface area contributed by atoms with E-state index in [-0.39, 0.29) is 5.95 Å².